The molecule has 0 bridgehead atoms. The standard InChI is InChI=1S/C12H23NO2/c1-6-12(4)10(13(7-2)8-3)9-11(14-5)15-12/h9,11H,6-8H2,1-5H3. The Labute approximate surface area is 93.0 Å². The largest absolute Gasteiger partial charge is 0.373 e. The van der Waals surface area contributed by atoms with Crippen molar-refractivity contribution in [3.8, 4) is 0 Å². The van der Waals surface area contributed by atoms with Gasteiger partial charge in [-0.1, -0.05) is 6.92 Å². The second-order valence-electron chi connectivity index (χ2n) is 4.03. The molecule has 3 nitrogen and oxygen atoms in total. The van der Waals surface area contributed by atoms with Crippen LogP contribution in [0.5, 0.6) is 0 Å². The maximum absolute atomic E-state index is 5.89. The second kappa shape index (κ2) is 4.99. The van der Waals surface area contributed by atoms with Crippen LogP contribution in [0.15, 0.2) is 11.8 Å². The van der Waals surface area contributed by atoms with Gasteiger partial charge in [0.2, 0.25) is 0 Å². The van der Waals surface area contributed by atoms with E-state index >= 15 is 0 Å². The van der Waals surface area contributed by atoms with E-state index in [-0.39, 0.29) is 11.9 Å². The van der Waals surface area contributed by atoms with E-state index in [1.165, 1.54) is 5.70 Å². The molecule has 0 N–H and O–H groups in total. The lowest BCUT2D eigenvalue weighted by Crippen LogP contribution is -2.37. The summed E-state index contributed by atoms with van der Waals surface area (Å²) in [5.41, 5.74) is 1.08. The molecule has 15 heavy (non-hydrogen) atoms. The Morgan fingerprint density at radius 1 is 1.40 bits per heavy atom. The number of methoxy groups -OCH3 is 1. The predicted molar refractivity (Wildman–Crippen MR) is 61.6 cm³/mol. The number of nitrogens with zero attached hydrogens (tertiary/aromatic N) is 1. The van der Waals surface area contributed by atoms with Gasteiger partial charge in [0.25, 0.3) is 0 Å². The molecular weight excluding hydrogens is 190 g/mol. The van der Waals surface area contributed by atoms with Crippen molar-refractivity contribution in [1.29, 1.82) is 0 Å². The van der Waals surface area contributed by atoms with Crippen LogP contribution < -0.4 is 0 Å². The third-order valence-electron chi connectivity index (χ3n) is 3.22. The van der Waals surface area contributed by atoms with E-state index in [0.717, 1.165) is 19.5 Å². The fourth-order valence-electron chi connectivity index (χ4n) is 2.04. The van der Waals surface area contributed by atoms with E-state index in [2.05, 4.69) is 38.7 Å². The molecule has 0 aliphatic carbocycles. The topological polar surface area (TPSA) is 21.7 Å². The first-order valence-corrected chi connectivity index (χ1v) is 5.79. The smallest absolute Gasteiger partial charge is 0.179 e. The first kappa shape index (κ1) is 12.5. The fraction of sp³-hybridized carbons (Fsp3) is 0.833. The molecule has 0 spiro atoms. The van der Waals surface area contributed by atoms with Crippen LogP contribution in [0.1, 0.15) is 34.1 Å². The second-order valence-corrected chi connectivity index (χ2v) is 4.03. The summed E-state index contributed by atoms with van der Waals surface area (Å²) in [6.07, 6.45) is 2.87. The van der Waals surface area contributed by atoms with Crippen LogP contribution in [-0.2, 0) is 9.47 Å². The van der Waals surface area contributed by atoms with Crippen LogP contribution in [0, 0.1) is 0 Å². The maximum atomic E-state index is 5.89. The van der Waals surface area contributed by atoms with Gasteiger partial charge in [0.1, 0.15) is 5.60 Å². The van der Waals surface area contributed by atoms with Gasteiger partial charge < -0.3 is 14.4 Å². The van der Waals surface area contributed by atoms with Crippen molar-refractivity contribution in [2.24, 2.45) is 0 Å². The van der Waals surface area contributed by atoms with E-state index in [0.29, 0.717) is 0 Å². The molecule has 3 heteroatoms. The Morgan fingerprint density at radius 2 is 2.00 bits per heavy atom. The summed E-state index contributed by atoms with van der Waals surface area (Å²) < 4.78 is 11.1. The molecule has 1 heterocycles. The lowest BCUT2D eigenvalue weighted by molar-refractivity contribution is -0.141. The number of hydrogen-bond donors (Lipinski definition) is 0. The molecule has 0 saturated carbocycles. The molecule has 2 unspecified atom stereocenters. The minimum Gasteiger partial charge on any atom is -0.373 e. The summed E-state index contributed by atoms with van der Waals surface area (Å²) in [5.74, 6) is 0. The van der Waals surface area contributed by atoms with E-state index in [4.69, 9.17) is 9.47 Å². The quantitative estimate of drug-likeness (QED) is 0.700. The highest BCUT2D eigenvalue weighted by molar-refractivity contribution is 5.20. The van der Waals surface area contributed by atoms with Crippen LogP contribution in [0.4, 0.5) is 0 Å². The molecule has 0 saturated heterocycles. The summed E-state index contributed by atoms with van der Waals surface area (Å²) in [6.45, 7) is 10.6. The SMILES string of the molecule is CCN(CC)C1=CC(OC)OC1(C)CC. The van der Waals surface area contributed by atoms with Crippen LogP contribution in [0.3, 0.4) is 0 Å². The number of likely N-dealkylation sites (N-methyl/N-ethyl adjacent to an activating group) is 1. The van der Waals surface area contributed by atoms with Gasteiger partial charge in [0.15, 0.2) is 6.29 Å². The zero-order valence-corrected chi connectivity index (χ0v) is 10.5. The minimum atomic E-state index is -0.189. The van der Waals surface area contributed by atoms with Gasteiger partial charge in [-0.15, -0.1) is 0 Å². The highest BCUT2D eigenvalue weighted by atomic mass is 16.7. The molecule has 0 fully saturated rings. The van der Waals surface area contributed by atoms with Gasteiger partial charge in [-0.2, -0.15) is 0 Å². The first-order chi connectivity index (χ1) is 7.11. The van der Waals surface area contributed by atoms with Gasteiger partial charge in [0.05, 0.1) is 0 Å². The molecular formula is C12H23NO2. The molecule has 1 aliphatic rings. The molecule has 88 valence electrons. The van der Waals surface area contributed by atoms with Crippen LogP contribution in [-0.4, -0.2) is 37.0 Å². The molecule has 1 rings (SSSR count). The Morgan fingerprint density at radius 3 is 2.40 bits per heavy atom. The molecule has 0 amide bonds. The monoisotopic (exact) mass is 213 g/mol. The van der Waals surface area contributed by atoms with Gasteiger partial charge in [-0.25, -0.2) is 0 Å². The minimum absolute atomic E-state index is 0.188. The van der Waals surface area contributed by atoms with Crippen LogP contribution >= 0.6 is 0 Å². The summed E-state index contributed by atoms with van der Waals surface area (Å²) in [5, 5.41) is 0. The van der Waals surface area contributed by atoms with Crippen molar-refractivity contribution in [3.63, 3.8) is 0 Å². The number of hydrogen-bond acceptors (Lipinski definition) is 3. The van der Waals surface area contributed by atoms with Crippen molar-refractivity contribution in [1.82, 2.24) is 4.90 Å². The lowest BCUT2D eigenvalue weighted by atomic mass is 9.99. The van der Waals surface area contributed by atoms with E-state index in [1.54, 1.807) is 7.11 Å². The van der Waals surface area contributed by atoms with Crippen molar-refractivity contribution < 1.29 is 9.47 Å². The zero-order chi connectivity index (χ0) is 11.5. The summed E-state index contributed by atoms with van der Waals surface area (Å²) in [7, 11) is 1.68. The van der Waals surface area contributed by atoms with Crippen molar-refractivity contribution in [2.45, 2.75) is 46.0 Å². The molecule has 1 aliphatic heterocycles. The molecule has 0 aromatic rings. The van der Waals surface area contributed by atoms with Crippen molar-refractivity contribution in [3.05, 3.63) is 11.8 Å². The Kier molecular flexibility index (Phi) is 4.17. The summed E-state index contributed by atoms with van der Waals surface area (Å²) >= 11 is 0. The Hall–Kier alpha value is -0.540. The highest BCUT2D eigenvalue weighted by Crippen LogP contribution is 2.35. The third kappa shape index (κ3) is 2.34. The predicted octanol–water partition coefficient (Wildman–Crippen LogP) is 2.38. The van der Waals surface area contributed by atoms with Crippen LogP contribution in [0.2, 0.25) is 0 Å². The Balaban J connectivity index is 2.89. The van der Waals surface area contributed by atoms with E-state index < -0.39 is 0 Å². The highest BCUT2D eigenvalue weighted by Gasteiger charge is 2.39. The average molecular weight is 213 g/mol. The number of ether oxygens (including phenoxy) is 2. The maximum Gasteiger partial charge on any atom is 0.179 e. The lowest BCUT2D eigenvalue weighted by Gasteiger charge is -2.34. The van der Waals surface area contributed by atoms with Gasteiger partial charge in [-0.05, 0) is 33.3 Å². The van der Waals surface area contributed by atoms with E-state index in [9.17, 15) is 0 Å². The van der Waals surface area contributed by atoms with Gasteiger partial charge in [0, 0.05) is 25.9 Å². The van der Waals surface area contributed by atoms with E-state index in [1.807, 2.05) is 0 Å². The molecule has 2 atom stereocenters. The Bertz CT molecular complexity index is 236. The first-order valence-electron chi connectivity index (χ1n) is 5.79. The van der Waals surface area contributed by atoms with Gasteiger partial charge >= 0.3 is 0 Å². The van der Waals surface area contributed by atoms with Gasteiger partial charge in [-0.3, -0.25) is 0 Å². The zero-order valence-electron chi connectivity index (χ0n) is 10.5. The van der Waals surface area contributed by atoms with Crippen LogP contribution in [0.25, 0.3) is 0 Å². The fourth-order valence-corrected chi connectivity index (χ4v) is 2.04. The summed E-state index contributed by atoms with van der Waals surface area (Å²) in [4.78, 5) is 2.34. The number of rotatable bonds is 5. The van der Waals surface area contributed by atoms with Crippen molar-refractivity contribution >= 4 is 0 Å². The third-order valence-corrected chi connectivity index (χ3v) is 3.22. The van der Waals surface area contributed by atoms with Crippen molar-refractivity contribution in [2.75, 3.05) is 20.2 Å². The molecule has 0 aromatic carbocycles. The normalized spacial score (nSPS) is 30.5. The average Bonchev–Trinajstić information content (AvgIpc) is 2.59. The molecule has 0 radical (unpaired) electrons. The summed E-state index contributed by atoms with van der Waals surface area (Å²) in [6, 6.07) is 0. The molecule has 0 aromatic heterocycles.